The number of carbonyl (C=O) groups excluding carboxylic acids is 1. The highest BCUT2D eigenvalue weighted by molar-refractivity contribution is 5.92. The first-order chi connectivity index (χ1) is 11.6. The molecule has 1 aromatic heterocycles. The standard InChI is InChI=1S/C18H19F2N3O/c19-14-7-4-8-15(20)17(14)22-13-9-10-16(21-11-13)18(24)23-12-5-2-1-3-6-12/h4,7-12,22H,1-3,5-6H2,(H,23,24). The Labute approximate surface area is 139 Å². The van der Waals surface area contributed by atoms with Crippen LogP contribution in [0.15, 0.2) is 36.5 Å². The first kappa shape index (κ1) is 16.4. The molecule has 0 radical (unpaired) electrons. The van der Waals surface area contributed by atoms with Crippen LogP contribution in [0.2, 0.25) is 0 Å². The Kier molecular flexibility index (Phi) is 5.03. The molecule has 0 bridgehead atoms. The van der Waals surface area contributed by atoms with Gasteiger partial charge in [0.25, 0.3) is 5.91 Å². The Morgan fingerprint density at radius 1 is 1.04 bits per heavy atom. The number of pyridine rings is 1. The molecule has 24 heavy (non-hydrogen) atoms. The smallest absolute Gasteiger partial charge is 0.270 e. The van der Waals surface area contributed by atoms with Gasteiger partial charge in [0, 0.05) is 6.04 Å². The normalized spacial score (nSPS) is 15.1. The highest BCUT2D eigenvalue weighted by Gasteiger charge is 2.17. The number of hydrogen-bond donors (Lipinski definition) is 2. The molecule has 2 aromatic rings. The average molecular weight is 331 g/mol. The number of amides is 1. The SMILES string of the molecule is O=C(NC1CCCCC1)c1ccc(Nc2c(F)cccc2F)cn1. The lowest BCUT2D eigenvalue weighted by Gasteiger charge is -2.22. The molecule has 1 fully saturated rings. The molecule has 0 aliphatic heterocycles. The first-order valence-electron chi connectivity index (χ1n) is 8.11. The fourth-order valence-electron chi connectivity index (χ4n) is 2.87. The van der Waals surface area contributed by atoms with Crippen molar-refractivity contribution >= 4 is 17.3 Å². The molecule has 2 N–H and O–H groups in total. The molecule has 1 aliphatic rings. The van der Waals surface area contributed by atoms with Crippen LogP contribution in [0.25, 0.3) is 0 Å². The lowest BCUT2D eigenvalue weighted by atomic mass is 9.95. The van der Waals surface area contributed by atoms with Crippen LogP contribution in [0, 0.1) is 11.6 Å². The molecule has 1 saturated carbocycles. The zero-order chi connectivity index (χ0) is 16.9. The number of para-hydroxylation sites is 1. The van der Waals surface area contributed by atoms with Crippen molar-refractivity contribution in [2.24, 2.45) is 0 Å². The van der Waals surface area contributed by atoms with Gasteiger partial charge in [-0.15, -0.1) is 0 Å². The number of carbonyl (C=O) groups is 1. The van der Waals surface area contributed by atoms with E-state index in [4.69, 9.17) is 0 Å². The molecule has 6 heteroatoms. The lowest BCUT2D eigenvalue weighted by Crippen LogP contribution is -2.36. The van der Waals surface area contributed by atoms with Crippen LogP contribution in [-0.4, -0.2) is 16.9 Å². The van der Waals surface area contributed by atoms with Crippen LogP contribution >= 0.6 is 0 Å². The van der Waals surface area contributed by atoms with Crippen LogP contribution in [0.5, 0.6) is 0 Å². The minimum Gasteiger partial charge on any atom is -0.349 e. The number of nitrogens with one attached hydrogen (secondary N) is 2. The summed E-state index contributed by atoms with van der Waals surface area (Å²) in [7, 11) is 0. The fraction of sp³-hybridized carbons (Fsp3) is 0.333. The third-order valence-corrected chi connectivity index (χ3v) is 4.17. The number of nitrogens with zero attached hydrogens (tertiary/aromatic N) is 1. The van der Waals surface area contributed by atoms with Gasteiger partial charge in [-0.25, -0.2) is 13.8 Å². The molecular formula is C18H19F2N3O. The molecule has 1 heterocycles. The maximum atomic E-state index is 13.6. The van der Waals surface area contributed by atoms with Crippen molar-refractivity contribution in [2.75, 3.05) is 5.32 Å². The molecule has 0 unspecified atom stereocenters. The summed E-state index contributed by atoms with van der Waals surface area (Å²) in [4.78, 5) is 16.3. The maximum Gasteiger partial charge on any atom is 0.270 e. The van der Waals surface area contributed by atoms with Crippen LogP contribution < -0.4 is 10.6 Å². The Hall–Kier alpha value is -2.50. The summed E-state index contributed by atoms with van der Waals surface area (Å²) in [6, 6.07) is 6.97. The summed E-state index contributed by atoms with van der Waals surface area (Å²) in [5, 5.41) is 5.62. The van der Waals surface area contributed by atoms with Crippen molar-refractivity contribution in [3.8, 4) is 0 Å². The summed E-state index contributed by atoms with van der Waals surface area (Å²) in [6.07, 6.45) is 6.88. The predicted molar refractivity (Wildman–Crippen MR) is 88.2 cm³/mol. The van der Waals surface area contributed by atoms with Gasteiger partial charge in [-0.1, -0.05) is 25.3 Å². The van der Waals surface area contributed by atoms with Gasteiger partial charge in [-0.05, 0) is 37.1 Å². The average Bonchev–Trinajstić information content (AvgIpc) is 2.60. The molecule has 0 atom stereocenters. The predicted octanol–water partition coefficient (Wildman–Crippen LogP) is 4.17. The van der Waals surface area contributed by atoms with Gasteiger partial charge >= 0.3 is 0 Å². The third kappa shape index (κ3) is 3.88. The van der Waals surface area contributed by atoms with Gasteiger partial charge in [0.05, 0.1) is 11.9 Å². The first-order valence-corrected chi connectivity index (χ1v) is 8.11. The minimum atomic E-state index is -0.686. The zero-order valence-electron chi connectivity index (χ0n) is 13.2. The molecule has 1 aliphatic carbocycles. The number of benzene rings is 1. The summed E-state index contributed by atoms with van der Waals surface area (Å²) in [6.45, 7) is 0. The van der Waals surface area contributed by atoms with E-state index < -0.39 is 11.6 Å². The van der Waals surface area contributed by atoms with E-state index in [1.807, 2.05) is 0 Å². The van der Waals surface area contributed by atoms with Crippen molar-refractivity contribution in [1.29, 1.82) is 0 Å². The van der Waals surface area contributed by atoms with E-state index in [1.54, 1.807) is 12.1 Å². The van der Waals surface area contributed by atoms with E-state index in [-0.39, 0.29) is 17.6 Å². The molecular weight excluding hydrogens is 312 g/mol. The largest absolute Gasteiger partial charge is 0.349 e. The van der Waals surface area contributed by atoms with Crippen LogP contribution in [-0.2, 0) is 0 Å². The van der Waals surface area contributed by atoms with E-state index in [0.29, 0.717) is 11.4 Å². The van der Waals surface area contributed by atoms with E-state index >= 15 is 0 Å². The highest BCUT2D eigenvalue weighted by Crippen LogP contribution is 2.23. The fourth-order valence-corrected chi connectivity index (χ4v) is 2.87. The lowest BCUT2D eigenvalue weighted by molar-refractivity contribution is 0.0922. The maximum absolute atomic E-state index is 13.6. The number of rotatable bonds is 4. The van der Waals surface area contributed by atoms with Crippen LogP contribution in [0.1, 0.15) is 42.6 Å². The molecule has 1 aromatic carbocycles. The summed E-state index contributed by atoms with van der Waals surface area (Å²) < 4.78 is 27.2. The number of aromatic nitrogens is 1. The molecule has 1 amide bonds. The van der Waals surface area contributed by atoms with Crippen molar-refractivity contribution in [3.63, 3.8) is 0 Å². The second-order valence-electron chi connectivity index (χ2n) is 5.96. The Balaban J connectivity index is 1.65. The van der Waals surface area contributed by atoms with Crippen molar-refractivity contribution in [3.05, 3.63) is 53.9 Å². The van der Waals surface area contributed by atoms with Crippen molar-refractivity contribution in [2.45, 2.75) is 38.1 Å². The molecule has 126 valence electrons. The molecule has 3 rings (SSSR count). The van der Waals surface area contributed by atoms with Gasteiger partial charge < -0.3 is 10.6 Å². The van der Waals surface area contributed by atoms with Gasteiger partial charge in [0.1, 0.15) is 23.0 Å². The number of anilines is 2. The molecule has 4 nitrogen and oxygen atoms in total. The van der Waals surface area contributed by atoms with Crippen LogP contribution in [0.3, 0.4) is 0 Å². The van der Waals surface area contributed by atoms with Gasteiger partial charge in [-0.3, -0.25) is 4.79 Å². The highest BCUT2D eigenvalue weighted by atomic mass is 19.1. The second-order valence-corrected chi connectivity index (χ2v) is 5.96. The van der Waals surface area contributed by atoms with Crippen molar-refractivity contribution in [1.82, 2.24) is 10.3 Å². The van der Waals surface area contributed by atoms with Gasteiger partial charge in [-0.2, -0.15) is 0 Å². The zero-order valence-corrected chi connectivity index (χ0v) is 13.2. The summed E-state index contributed by atoms with van der Waals surface area (Å²) >= 11 is 0. The van der Waals surface area contributed by atoms with E-state index in [0.717, 1.165) is 25.7 Å². The van der Waals surface area contributed by atoms with Crippen LogP contribution in [0.4, 0.5) is 20.2 Å². The minimum absolute atomic E-state index is 0.207. The topological polar surface area (TPSA) is 54.0 Å². The monoisotopic (exact) mass is 331 g/mol. The Morgan fingerprint density at radius 3 is 2.38 bits per heavy atom. The molecule has 0 saturated heterocycles. The molecule has 0 spiro atoms. The Bertz CT molecular complexity index is 692. The number of hydrogen-bond acceptors (Lipinski definition) is 3. The van der Waals surface area contributed by atoms with E-state index in [9.17, 15) is 13.6 Å². The summed E-state index contributed by atoms with van der Waals surface area (Å²) in [5.74, 6) is -1.59. The van der Waals surface area contributed by atoms with Crippen molar-refractivity contribution < 1.29 is 13.6 Å². The van der Waals surface area contributed by atoms with E-state index in [1.165, 1.54) is 30.8 Å². The Morgan fingerprint density at radius 2 is 1.75 bits per heavy atom. The van der Waals surface area contributed by atoms with E-state index in [2.05, 4.69) is 15.6 Å². The van der Waals surface area contributed by atoms with Gasteiger partial charge in [0.2, 0.25) is 0 Å². The quantitative estimate of drug-likeness (QED) is 0.884. The summed E-state index contributed by atoms with van der Waals surface area (Å²) in [5.41, 5.74) is 0.465. The third-order valence-electron chi connectivity index (χ3n) is 4.17. The number of halogens is 2. The van der Waals surface area contributed by atoms with Gasteiger partial charge in [0.15, 0.2) is 0 Å². The second kappa shape index (κ2) is 7.38.